The number of anilines is 2. The molecule has 2 N–H and O–H groups in total. The zero-order valence-electron chi connectivity index (χ0n) is 12.6. The van der Waals surface area contributed by atoms with Crippen molar-refractivity contribution < 1.29 is 9.59 Å². The van der Waals surface area contributed by atoms with Crippen molar-refractivity contribution in [3.8, 4) is 0 Å². The highest BCUT2D eigenvalue weighted by Crippen LogP contribution is 2.31. The standard InChI is InChI=1S/C16H17N3O2S2/c1-10(14(20)19-16-17-8-9-22-16)23-13-6-4-12(5-7-13)18-15(21)11-2-3-11/h4-11H,2-3H2,1H3,(H,18,21)(H,17,19,20). The van der Waals surface area contributed by atoms with Crippen molar-refractivity contribution in [3.05, 3.63) is 35.8 Å². The molecule has 0 aliphatic heterocycles. The lowest BCUT2D eigenvalue weighted by Gasteiger charge is -2.11. The Morgan fingerprint density at radius 3 is 2.61 bits per heavy atom. The summed E-state index contributed by atoms with van der Waals surface area (Å²) in [5.74, 6) is 0.219. The van der Waals surface area contributed by atoms with Crippen LogP contribution in [0, 0.1) is 5.92 Å². The van der Waals surface area contributed by atoms with Gasteiger partial charge in [0, 0.05) is 28.1 Å². The third-order valence-electron chi connectivity index (χ3n) is 3.41. The summed E-state index contributed by atoms with van der Waals surface area (Å²) in [6, 6.07) is 7.57. The van der Waals surface area contributed by atoms with E-state index in [1.165, 1.54) is 23.1 Å². The molecule has 1 unspecified atom stereocenters. The van der Waals surface area contributed by atoms with E-state index in [9.17, 15) is 9.59 Å². The zero-order chi connectivity index (χ0) is 16.2. The van der Waals surface area contributed by atoms with E-state index >= 15 is 0 Å². The zero-order valence-corrected chi connectivity index (χ0v) is 14.2. The van der Waals surface area contributed by atoms with Gasteiger partial charge in [0.1, 0.15) is 0 Å². The Morgan fingerprint density at radius 1 is 1.26 bits per heavy atom. The minimum Gasteiger partial charge on any atom is -0.326 e. The number of thiazole rings is 1. The lowest BCUT2D eigenvalue weighted by atomic mass is 10.3. The van der Waals surface area contributed by atoms with Crippen molar-refractivity contribution >= 4 is 45.7 Å². The molecule has 0 radical (unpaired) electrons. The molecule has 1 fully saturated rings. The van der Waals surface area contributed by atoms with E-state index in [0.717, 1.165) is 23.4 Å². The van der Waals surface area contributed by atoms with Gasteiger partial charge in [0.05, 0.1) is 5.25 Å². The molecule has 1 heterocycles. The summed E-state index contributed by atoms with van der Waals surface area (Å²) < 4.78 is 0. The van der Waals surface area contributed by atoms with Crippen LogP contribution in [-0.2, 0) is 9.59 Å². The molecule has 0 bridgehead atoms. The van der Waals surface area contributed by atoms with Gasteiger partial charge < -0.3 is 10.6 Å². The largest absolute Gasteiger partial charge is 0.326 e. The van der Waals surface area contributed by atoms with Crippen molar-refractivity contribution in [1.29, 1.82) is 0 Å². The molecule has 0 saturated heterocycles. The number of carbonyl (C=O) groups excluding carboxylic acids is 2. The molecule has 1 atom stereocenters. The summed E-state index contributed by atoms with van der Waals surface area (Å²) in [5, 5.41) is 7.89. The summed E-state index contributed by atoms with van der Waals surface area (Å²) in [7, 11) is 0. The molecular weight excluding hydrogens is 330 g/mol. The van der Waals surface area contributed by atoms with Gasteiger partial charge in [0.15, 0.2) is 5.13 Å². The summed E-state index contributed by atoms with van der Waals surface area (Å²) in [4.78, 5) is 28.8. The van der Waals surface area contributed by atoms with Crippen molar-refractivity contribution in [3.63, 3.8) is 0 Å². The van der Waals surface area contributed by atoms with E-state index in [4.69, 9.17) is 0 Å². The van der Waals surface area contributed by atoms with Gasteiger partial charge in [-0.05, 0) is 44.0 Å². The van der Waals surface area contributed by atoms with Gasteiger partial charge in [-0.3, -0.25) is 9.59 Å². The molecular formula is C16H17N3O2S2. The van der Waals surface area contributed by atoms with Crippen LogP contribution in [0.1, 0.15) is 19.8 Å². The monoisotopic (exact) mass is 347 g/mol. The number of amides is 2. The fourth-order valence-corrected chi connectivity index (χ4v) is 3.36. The van der Waals surface area contributed by atoms with Gasteiger partial charge in [-0.15, -0.1) is 23.1 Å². The first-order chi connectivity index (χ1) is 11.1. The highest BCUT2D eigenvalue weighted by Gasteiger charge is 2.29. The fourth-order valence-electron chi connectivity index (χ4n) is 1.96. The summed E-state index contributed by atoms with van der Waals surface area (Å²) in [6.45, 7) is 1.86. The average Bonchev–Trinajstić information content (AvgIpc) is 3.28. The second-order valence-electron chi connectivity index (χ2n) is 5.37. The SMILES string of the molecule is CC(Sc1ccc(NC(=O)C2CC2)cc1)C(=O)Nc1nccs1. The Morgan fingerprint density at radius 2 is 2.00 bits per heavy atom. The number of nitrogens with zero attached hydrogens (tertiary/aromatic N) is 1. The molecule has 120 valence electrons. The van der Waals surface area contributed by atoms with Crippen LogP contribution in [0.25, 0.3) is 0 Å². The third kappa shape index (κ3) is 4.56. The van der Waals surface area contributed by atoms with Crippen LogP contribution in [-0.4, -0.2) is 22.0 Å². The Labute approximate surface area is 142 Å². The molecule has 1 aliphatic carbocycles. The first-order valence-corrected chi connectivity index (χ1v) is 9.15. The molecule has 2 aromatic rings. The van der Waals surface area contributed by atoms with Crippen molar-refractivity contribution in [1.82, 2.24) is 4.98 Å². The van der Waals surface area contributed by atoms with E-state index < -0.39 is 0 Å². The maximum Gasteiger partial charge on any atom is 0.239 e. The predicted molar refractivity (Wildman–Crippen MR) is 93.9 cm³/mol. The maximum absolute atomic E-state index is 12.1. The first-order valence-electron chi connectivity index (χ1n) is 7.40. The minimum absolute atomic E-state index is 0.0731. The third-order valence-corrected chi connectivity index (χ3v) is 5.22. The van der Waals surface area contributed by atoms with E-state index in [0.29, 0.717) is 5.13 Å². The maximum atomic E-state index is 12.1. The van der Waals surface area contributed by atoms with Crippen LogP contribution in [0.4, 0.5) is 10.8 Å². The van der Waals surface area contributed by atoms with Crippen molar-refractivity contribution in [2.75, 3.05) is 10.6 Å². The Bertz CT molecular complexity index is 682. The number of thioether (sulfide) groups is 1. The lowest BCUT2D eigenvalue weighted by Crippen LogP contribution is -2.22. The minimum atomic E-state index is -0.231. The molecule has 7 heteroatoms. The van der Waals surface area contributed by atoms with Crippen LogP contribution in [0.2, 0.25) is 0 Å². The molecule has 1 aromatic heterocycles. The van der Waals surface area contributed by atoms with Gasteiger partial charge in [0.2, 0.25) is 11.8 Å². The predicted octanol–water partition coefficient (Wildman–Crippen LogP) is 3.61. The normalized spacial score (nSPS) is 15.0. The topological polar surface area (TPSA) is 71.1 Å². The Balaban J connectivity index is 1.52. The van der Waals surface area contributed by atoms with E-state index in [2.05, 4.69) is 15.6 Å². The molecule has 3 rings (SSSR count). The quantitative estimate of drug-likeness (QED) is 0.783. The molecule has 23 heavy (non-hydrogen) atoms. The average molecular weight is 347 g/mol. The second kappa shape index (κ2) is 7.14. The van der Waals surface area contributed by atoms with Crippen LogP contribution in [0.15, 0.2) is 40.7 Å². The van der Waals surface area contributed by atoms with Gasteiger partial charge in [-0.25, -0.2) is 4.98 Å². The first kappa shape index (κ1) is 16.0. The number of carbonyl (C=O) groups is 2. The Kier molecular flexibility index (Phi) is 4.97. The summed E-state index contributed by atoms with van der Waals surface area (Å²) >= 11 is 2.87. The number of hydrogen-bond donors (Lipinski definition) is 2. The molecule has 0 spiro atoms. The van der Waals surface area contributed by atoms with Crippen LogP contribution in [0.5, 0.6) is 0 Å². The number of aromatic nitrogens is 1. The van der Waals surface area contributed by atoms with E-state index in [1.807, 2.05) is 36.6 Å². The van der Waals surface area contributed by atoms with Crippen LogP contribution >= 0.6 is 23.1 Å². The molecule has 1 aliphatic rings. The Hall–Kier alpha value is -1.86. The van der Waals surface area contributed by atoms with Crippen LogP contribution in [0.3, 0.4) is 0 Å². The number of hydrogen-bond acceptors (Lipinski definition) is 5. The molecule has 2 amide bonds. The summed E-state index contributed by atoms with van der Waals surface area (Å²) in [5.41, 5.74) is 0.797. The van der Waals surface area contributed by atoms with E-state index in [1.54, 1.807) is 6.20 Å². The second-order valence-corrected chi connectivity index (χ2v) is 7.68. The fraction of sp³-hybridized carbons (Fsp3) is 0.312. The number of benzene rings is 1. The van der Waals surface area contributed by atoms with Gasteiger partial charge in [-0.2, -0.15) is 0 Å². The van der Waals surface area contributed by atoms with Crippen LogP contribution < -0.4 is 10.6 Å². The molecule has 1 saturated carbocycles. The highest BCUT2D eigenvalue weighted by molar-refractivity contribution is 8.00. The molecule has 1 aromatic carbocycles. The van der Waals surface area contributed by atoms with Gasteiger partial charge >= 0.3 is 0 Å². The van der Waals surface area contributed by atoms with Gasteiger partial charge in [-0.1, -0.05) is 0 Å². The lowest BCUT2D eigenvalue weighted by molar-refractivity contribution is -0.117. The van der Waals surface area contributed by atoms with Crippen molar-refractivity contribution in [2.45, 2.75) is 29.9 Å². The molecule has 5 nitrogen and oxygen atoms in total. The van der Waals surface area contributed by atoms with Gasteiger partial charge in [0.25, 0.3) is 0 Å². The number of rotatable bonds is 6. The van der Waals surface area contributed by atoms with Crippen molar-refractivity contribution in [2.24, 2.45) is 5.92 Å². The smallest absolute Gasteiger partial charge is 0.239 e. The number of nitrogens with one attached hydrogen (secondary N) is 2. The summed E-state index contributed by atoms with van der Waals surface area (Å²) in [6.07, 6.45) is 3.64. The van der Waals surface area contributed by atoms with E-state index in [-0.39, 0.29) is 23.0 Å². The highest BCUT2D eigenvalue weighted by atomic mass is 32.2.